The van der Waals surface area contributed by atoms with Gasteiger partial charge in [-0.1, -0.05) is 0 Å². The van der Waals surface area contributed by atoms with Gasteiger partial charge in [0.25, 0.3) is 0 Å². The highest BCUT2D eigenvalue weighted by Gasteiger charge is 2.14. The zero-order chi connectivity index (χ0) is 11.3. The van der Waals surface area contributed by atoms with Crippen LogP contribution in [0.4, 0.5) is 0 Å². The number of hydrogen-bond acceptors (Lipinski definition) is 3. The first kappa shape index (κ1) is 12.5. The van der Waals surface area contributed by atoms with Gasteiger partial charge in [-0.2, -0.15) is 0 Å². The van der Waals surface area contributed by atoms with Crippen molar-refractivity contribution in [1.29, 1.82) is 0 Å². The number of rotatable bonds is 3. The number of nitrogens with one attached hydrogen (secondary N) is 2. The first-order valence-corrected chi connectivity index (χ1v) is 5.71. The third kappa shape index (κ3) is 5.74. The first-order valence-electron chi connectivity index (χ1n) is 5.71. The van der Waals surface area contributed by atoms with E-state index in [1.165, 1.54) is 0 Å². The van der Waals surface area contributed by atoms with Gasteiger partial charge in [-0.05, 0) is 20.8 Å². The van der Waals surface area contributed by atoms with Gasteiger partial charge in [-0.3, -0.25) is 9.69 Å². The molecule has 1 aliphatic rings. The number of nitrogens with zero attached hydrogens (tertiary/aromatic N) is 1. The van der Waals surface area contributed by atoms with Crippen molar-refractivity contribution in [1.82, 2.24) is 15.5 Å². The molecular weight excluding hydrogens is 190 g/mol. The topological polar surface area (TPSA) is 44.4 Å². The highest BCUT2D eigenvalue weighted by Crippen LogP contribution is 1.99. The van der Waals surface area contributed by atoms with Crippen molar-refractivity contribution in [2.45, 2.75) is 32.7 Å². The predicted octanol–water partition coefficient (Wildman–Crippen LogP) is 0.196. The molecule has 1 rings (SSSR count). The summed E-state index contributed by atoms with van der Waals surface area (Å²) in [5.41, 5.74) is 0.180. The third-order valence-electron chi connectivity index (χ3n) is 2.49. The fraction of sp³-hybridized carbons (Fsp3) is 0.909. The van der Waals surface area contributed by atoms with Crippen LogP contribution in [0, 0.1) is 0 Å². The second-order valence-corrected chi connectivity index (χ2v) is 5.12. The second-order valence-electron chi connectivity index (χ2n) is 5.12. The third-order valence-corrected chi connectivity index (χ3v) is 2.49. The fourth-order valence-electron chi connectivity index (χ4n) is 1.63. The van der Waals surface area contributed by atoms with Gasteiger partial charge in [0.1, 0.15) is 0 Å². The summed E-state index contributed by atoms with van der Waals surface area (Å²) < 4.78 is 0. The minimum absolute atomic E-state index is 0.180. The summed E-state index contributed by atoms with van der Waals surface area (Å²) in [6.45, 7) is 11.1. The molecule has 1 aliphatic heterocycles. The van der Waals surface area contributed by atoms with E-state index in [9.17, 15) is 4.79 Å². The lowest BCUT2D eigenvalue weighted by Crippen LogP contribution is -2.42. The minimum atomic E-state index is 0.180. The van der Waals surface area contributed by atoms with Crippen molar-refractivity contribution >= 4 is 5.91 Å². The van der Waals surface area contributed by atoms with Gasteiger partial charge in [-0.25, -0.2) is 0 Å². The molecular formula is C11H23N3O. The van der Waals surface area contributed by atoms with Crippen molar-refractivity contribution in [2.75, 3.05) is 32.7 Å². The Bertz CT molecular complexity index is 210. The van der Waals surface area contributed by atoms with Crippen LogP contribution in [0.15, 0.2) is 0 Å². The Morgan fingerprint density at radius 1 is 1.40 bits per heavy atom. The van der Waals surface area contributed by atoms with Crippen LogP contribution in [0.3, 0.4) is 0 Å². The van der Waals surface area contributed by atoms with E-state index in [1.807, 2.05) is 0 Å². The van der Waals surface area contributed by atoms with Crippen LogP contribution in [0.25, 0.3) is 0 Å². The molecule has 0 spiro atoms. The van der Waals surface area contributed by atoms with Crippen molar-refractivity contribution in [2.24, 2.45) is 0 Å². The molecule has 15 heavy (non-hydrogen) atoms. The highest BCUT2D eigenvalue weighted by atomic mass is 16.1. The summed E-state index contributed by atoms with van der Waals surface area (Å²) in [5.74, 6) is 0.182. The van der Waals surface area contributed by atoms with E-state index in [0.29, 0.717) is 6.42 Å². The Morgan fingerprint density at radius 3 is 2.80 bits per heavy atom. The van der Waals surface area contributed by atoms with Crippen LogP contribution in [0.5, 0.6) is 0 Å². The van der Waals surface area contributed by atoms with E-state index in [0.717, 1.165) is 32.7 Å². The molecule has 1 saturated heterocycles. The number of amides is 1. The van der Waals surface area contributed by atoms with Gasteiger partial charge in [0.05, 0.1) is 0 Å². The Labute approximate surface area is 92.4 Å². The molecule has 4 nitrogen and oxygen atoms in total. The quantitative estimate of drug-likeness (QED) is 0.704. The van der Waals surface area contributed by atoms with E-state index in [4.69, 9.17) is 0 Å². The van der Waals surface area contributed by atoms with Gasteiger partial charge >= 0.3 is 0 Å². The summed E-state index contributed by atoms with van der Waals surface area (Å²) in [7, 11) is 0. The SMILES string of the molecule is CC(C)(C)NCCN1CCNC(=O)CC1. The number of carbonyl (C=O) groups is 1. The molecule has 0 aromatic heterocycles. The average molecular weight is 213 g/mol. The van der Waals surface area contributed by atoms with Crippen LogP contribution in [0.2, 0.25) is 0 Å². The lowest BCUT2D eigenvalue weighted by atomic mass is 10.1. The van der Waals surface area contributed by atoms with E-state index in [-0.39, 0.29) is 11.4 Å². The van der Waals surface area contributed by atoms with Crippen LogP contribution < -0.4 is 10.6 Å². The molecule has 0 aliphatic carbocycles. The lowest BCUT2D eigenvalue weighted by Gasteiger charge is -2.24. The molecule has 0 aromatic carbocycles. The lowest BCUT2D eigenvalue weighted by molar-refractivity contribution is -0.120. The average Bonchev–Trinajstić information content (AvgIpc) is 2.29. The standard InChI is InChI=1S/C11H23N3O/c1-11(2,3)13-6-9-14-7-4-10(15)12-5-8-14/h13H,4-9H2,1-3H3,(H,12,15). The molecule has 0 atom stereocenters. The molecule has 0 radical (unpaired) electrons. The highest BCUT2D eigenvalue weighted by molar-refractivity contribution is 5.76. The maximum absolute atomic E-state index is 11.1. The van der Waals surface area contributed by atoms with Gasteiger partial charge < -0.3 is 10.6 Å². The number of carbonyl (C=O) groups excluding carboxylic acids is 1. The molecule has 0 unspecified atom stereocenters. The Kier molecular flexibility index (Phi) is 4.54. The summed E-state index contributed by atoms with van der Waals surface area (Å²) in [6.07, 6.45) is 0.634. The largest absolute Gasteiger partial charge is 0.355 e. The van der Waals surface area contributed by atoms with E-state index in [1.54, 1.807) is 0 Å². The normalized spacial score (nSPS) is 19.8. The minimum Gasteiger partial charge on any atom is -0.355 e. The molecule has 1 fully saturated rings. The molecule has 0 saturated carbocycles. The van der Waals surface area contributed by atoms with E-state index in [2.05, 4.69) is 36.3 Å². The van der Waals surface area contributed by atoms with Crippen molar-refractivity contribution in [3.63, 3.8) is 0 Å². The molecule has 1 heterocycles. The zero-order valence-electron chi connectivity index (χ0n) is 10.1. The second kappa shape index (κ2) is 5.47. The van der Waals surface area contributed by atoms with Gasteiger partial charge in [0, 0.05) is 44.7 Å². The van der Waals surface area contributed by atoms with Crippen LogP contribution in [-0.4, -0.2) is 49.1 Å². The maximum atomic E-state index is 11.1. The summed E-state index contributed by atoms with van der Waals surface area (Å²) in [4.78, 5) is 13.4. The van der Waals surface area contributed by atoms with Crippen molar-refractivity contribution in [3.8, 4) is 0 Å². The molecule has 0 aromatic rings. The predicted molar refractivity (Wildman–Crippen MR) is 61.8 cm³/mol. The summed E-state index contributed by atoms with van der Waals surface area (Å²) in [6, 6.07) is 0. The van der Waals surface area contributed by atoms with E-state index >= 15 is 0 Å². The Hall–Kier alpha value is -0.610. The van der Waals surface area contributed by atoms with Gasteiger partial charge in [-0.15, -0.1) is 0 Å². The van der Waals surface area contributed by atoms with Crippen molar-refractivity contribution < 1.29 is 4.79 Å². The van der Waals surface area contributed by atoms with Gasteiger partial charge in [0.15, 0.2) is 0 Å². The molecule has 4 heteroatoms. The molecule has 0 bridgehead atoms. The van der Waals surface area contributed by atoms with Gasteiger partial charge in [0.2, 0.25) is 5.91 Å². The molecule has 1 amide bonds. The smallest absolute Gasteiger partial charge is 0.221 e. The van der Waals surface area contributed by atoms with Crippen LogP contribution >= 0.6 is 0 Å². The zero-order valence-corrected chi connectivity index (χ0v) is 10.1. The first-order chi connectivity index (χ1) is 6.97. The molecule has 88 valence electrons. The van der Waals surface area contributed by atoms with Crippen LogP contribution in [0.1, 0.15) is 27.2 Å². The Balaban J connectivity index is 2.18. The number of hydrogen-bond donors (Lipinski definition) is 2. The summed E-state index contributed by atoms with van der Waals surface area (Å²) >= 11 is 0. The van der Waals surface area contributed by atoms with Crippen molar-refractivity contribution in [3.05, 3.63) is 0 Å². The Morgan fingerprint density at radius 2 is 2.13 bits per heavy atom. The molecule has 2 N–H and O–H groups in total. The monoisotopic (exact) mass is 213 g/mol. The fourth-order valence-corrected chi connectivity index (χ4v) is 1.63. The summed E-state index contributed by atoms with van der Waals surface area (Å²) in [5, 5.41) is 6.33. The maximum Gasteiger partial charge on any atom is 0.221 e. The van der Waals surface area contributed by atoms with E-state index < -0.39 is 0 Å². The van der Waals surface area contributed by atoms with Crippen LogP contribution in [-0.2, 0) is 4.79 Å².